The molecular formula is C17H16O2S. The number of aryl methyl sites for hydroxylation is 1. The lowest BCUT2D eigenvalue weighted by Crippen LogP contribution is -2.01. The maximum absolute atomic E-state index is 11.5. The Morgan fingerprint density at radius 1 is 1.10 bits per heavy atom. The fourth-order valence-electron chi connectivity index (χ4n) is 2.00. The van der Waals surface area contributed by atoms with Gasteiger partial charge in [0.25, 0.3) is 0 Å². The fourth-order valence-corrected chi connectivity index (χ4v) is 2.40. The third-order valence-corrected chi connectivity index (χ3v) is 3.84. The summed E-state index contributed by atoms with van der Waals surface area (Å²) in [6.45, 7) is 1.92. The largest absolute Gasteiger partial charge is 0.478 e. The zero-order valence-corrected chi connectivity index (χ0v) is 12.3. The molecule has 0 bridgehead atoms. The Balaban J connectivity index is 2.45. The van der Waals surface area contributed by atoms with Gasteiger partial charge in [-0.15, -0.1) is 11.8 Å². The predicted molar refractivity (Wildman–Crippen MR) is 84.9 cm³/mol. The first-order valence-corrected chi connectivity index (χ1v) is 7.49. The molecule has 2 aromatic carbocycles. The van der Waals surface area contributed by atoms with Crippen LogP contribution >= 0.6 is 11.8 Å². The van der Waals surface area contributed by atoms with Crippen LogP contribution in [0.15, 0.2) is 53.4 Å². The third-order valence-electron chi connectivity index (χ3n) is 3.09. The van der Waals surface area contributed by atoms with Crippen molar-refractivity contribution in [2.75, 3.05) is 6.26 Å². The molecule has 2 nitrogen and oxygen atoms in total. The number of carbonyl (C=O) groups is 1. The molecule has 102 valence electrons. The number of carboxylic acid groups (broad SMARTS) is 1. The molecule has 0 amide bonds. The molecule has 1 N–H and O–H groups in total. The molecule has 0 aliphatic carbocycles. The van der Waals surface area contributed by atoms with E-state index in [0.29, 0.717) is 5.57 Å². The van der Waals surface area contributed by atoms with E-state index in [1.807, 2.05) is 61.7 Å². The Morgan fingerprint density at radius 2 is 1.75 bits per heavy atom. The summed E-state index contributed by atoms with van der Waals surface area (Å²) in [5, 5.41) is 9.44. The molecule has 0 fully saturated rings. The van der Waals surface area contributed by atoms with Gasteiger partial charge < -0.3 is 5.11 Å². The van der Waals surface area contributed by atoms with Crippen LogP contribution in [0.1, 0.15) is 16.7 Å². The molecule has 0 saturated heterocycles. The lowest BCUT2D eigenvalue weighted by molar-refractivity contribution is -0.130. The summed E-state index contributed by atoms with van der Waals surface area (Å²) in [5.74, 6) is -0.909. The van der Waals surface area contributed by atoms with Gasteiger partial charge in [-0.05, 0) is 48.1 Å². The number of hydrogen-bond donors (Lipinski definition) is 1. The second-order valence-corrected chi connectivity index (χ2v) is 5.33. The molecule has 3 heteroatoms. The number of rotatable bonds is 4. The van der Waals surface area contributed by atoms with Crippen LogP contribution in [-0.2, 0) is 4.79 Å². The van der Waals surface area contributed by atoms with Gasteiger partial charge in [0.05, 0.1) is 5.57 Å². The maximum atomic E-state index is 11.5. The minimum absolute atomic E-state index is 0.319. The molecule has 2 rings (SSSR count). The van der Waals surface area contributed by atoms with Crippen molar-refractivity contribution in [3.63, 3.8) is 0 Å². The first-order valence-electron chi connectivity index (χ1n) is 6.27. The SMILES string of the molecule is CSc1ccc(/C=C(\C(=O)O)c2ccccc2C)cc1. The van der Waals surface area contributed by atoms with Crippen LogP contribution in [0.4, 0.5) is 0 Å². The standard InChI is InChI=1S/C17H16O2S/c1-12-5-3-4-6-15(12)16(17(18)19)11-13-7-9-14(20-2)10-8-13/h3-11H,1-2H3,(H,18,19)/b16-11-. The number of thioether (sulfide) groups is 1. The predicted octanol–water partition coefficient (Wildman–Crippen LogP) is 4.34. The third kappa shape index (κ3) is 3.31. The van der Waals surface area contributed by atoms with Crippen molar-refractivity contribution >= 4 is 29.4 Å². The first kappa shape index (κ1) is 14.4. The highest BCUT2D eigenvalue weighted by Crippen LogP contribution is 2.23. The summed E-state index contributed by atoms with van der Waals surface area (Å²) in [7, 11) is 0. The Labute approximate surface area is 123 Å². The maximum Gasteiger partial charge on any atom is 0.336 e. The average Bonchev–Trinajstić information content (AvgIpc) is 2.46. The highest BCUT2D eigenvalue weighted by atomic mass is 32.2. The van der Waals surface area contributed by atoms with Crippen molar-refractivity contribution in [3.05, 3.63) is 65.2 Å². The van der Waals surface area contributed by atoms with Crippen LogP contribution in [0.3, 0.4) is 0 Å². The Hall–Kier alpha value is -2.00. The molecule has 0 aliphatic heterocycles. The molecule has 0 aromatic heterocycles. The van der Waals surface area contributed by atoms with Crippen LogP contribution in [0.2, 0.25) is 0 Å². The van der Waals surface area contributed by atoms with E-state index < -0.39 is 5.97 Å². The Morgan fingerprint density at radius 3 is 2.30 bits per heavy atom. The first-order chi connectivity index (χ1) is 9.61. The summed E-state index contributed by atoms with van der Waals surface area (Å²) in [5.41, 5.74) is 2.93. The summed E-state index contributed by atoms with van der Waals surface area (Å²) in [4.78, 5) is 12.7. The van der Waals surface area contributed by atoms with Gasteiger partial charge >= 0.3 is 5.97 Å². The lowest BCUT2D eigenvalue weighted by atomic mass is 9.98. The van der Waals surface area contributed by atoms with E-state index in [1.54, 1.807) is 17.8 Å². The van der Waals surface area contributed by atoms with Gasteiger partial charge in [-0.1, -0.05) is 36.4 Å². The van der Waals surface area contributed by atoms with Crippen molar-refractivity contribution in [1.29, 1.82) is 0 Å². The number of benzene rings is 2. The van der Waals surface area contributed by atoms with E-state index in [4.69, 9.17) is 0 Å². The van der Waals surface area contributed by atoms with E-state index >= 15 is 0 Å². The van der Waals surface area contributed by atoms with Gasteiger partial charge in [0, 0.05) is 4.90 Å². The van der Waals surface area contributed by atoms with E-state index in [9.17, 15) is 9.90 Å². The molecule has 20 heavy (non-hydrogen) atoms. The Bertz CT molecular complexity index is 642. The highest BCUT2D eigenvalue weighted by Gasteiger charge is 2.12. The minimum atomic E-state index is -0.909. The molecule has 0 unspecified atom stereocenters. The lowest BCUT2D eigenvalue weighted by Gasteiger charge is -2.07. The average molecular weight is 284 g/mol. The van der Waals surface area contributed by atoms with E-state index in [2.05, 4.69) is 0 Å². The second kappa shape index (κ2) is 6.44. The van der Waals surface area contributed by atoms with Crippen molar-refractivity contribution in [1.82, 2.24) is 0 Å². The summed E-state index contributed by atoms with van der Waals surface area (Å²) >= 11 is 1.66. The molecular weight excluding hydrogens is 268 g/mol. The van der Waals surface area contributed by atoms with Gasteiger partial charge in [0.2, 0.25) is 0 Å². The van der Waals surface area contributed by atoms with E-state index in [-0.39, 0.29) is 0 Å². The van der Waals surface area contributed by atoms with E-state index in [1.165, 1.54) is 0 Å². The minimum Gasteiger partial charge on any atom is -0.478 e. The molecule has 0 heterocycles. The van der Waals surface area contributed by atoms with Gasteiger partial charge in [-0.2, -0.15) is 0 Å². The summed E-state index contributed by atoms with van der Waals surface area (Å²) < 4.78 is 0. The molecule has 0 atom stereocenters. The van der Waals surface area contributed by atoms with Crippen LogP contribution in [0.25, 0.3) is 11.6 Å². The van der Waals surface area contributed by atoms with Crippen LogP contribution in [0.5, 0.6) is 0 Å². The van der Waals surface area contributed by atoms with Crippen molar-refractivity contribution < 1.29 is 9.90 Å². The molecule has 0 saturated carbocycles. The van der Waals surface area contributed by atoms with E-state index in [0.717, 1.165) is 21.6 Å². The summed E-state index contributed by atoms with van der Waals surface area (Å²) in [6, 6.07) is 15.4. The number of carboxylic acids is 1. The van der Waals surface area contributed by atoms with Crippen molar-refractivity contribution in [2.45, 2.75) is 11.8 Å². The molecule has 2 aromatic rings. The van der Waals surface area contributed by atoms with Crippen molar-refractivity contribution in [3.8, 4) is 0 Å². The number of aliphatic carboxylic acids is 1. The molecule has 0 aliphatic rings. The van der Waals surface area contributed by atoms with Crippen molar-refractivity contribution in [2.24, 2.45) is 0 Å². The molecule has 0 radical (unpaired) electrons. The Kier molecular flexibility index (Phi) is 4.64. The van der Waals surface area contributed by atoms with Gasteiger partial charge in [0.1, 0.15) is 0 Å². The second-order valence-electron chi connectivity index (χ2n) is 4.45. The zero-order valence-electron chi connectivity index (χ0n) is 11.5. The quantitative estimate of drug-likeness (QED) is 0.515. The smallest absolute Gasteiger partial charge is 0.336 e. The number of hydrogen-bond acceptors (Lipinski definition) is 2. The topological polar surface area (TPSA) is 37.3 Å². The van der Waals surface area contributed by atoms with Crippen LogP contribution in [-0.4, -0.2) is 17.3 Å². The fraction of sp³-hybridized carbons (Fsp3) is 0.118. The molecule has 0 spiro atoms. The monoisotopic (exact) mass is 284 g/mol. The van der Waals surface area contributed by atoms with Gasteiger partial charge in [0.15, 0.2) is 0 Å². The van der Waals surface area contributed by atoms with Crippen LogP contribution in [0, 0.1) is 6.92 Å². The highest BCUT2D eigenvalue weighted by molar-refractivity contribution is 7.98. The summed E-state index contributed by atoms with van der Waals surface area (Å²) in [6.07, 6.45) is 3.73. The zero-order chi connectivity index (χ0) is 14.5. The van der Waals surface area contributed by atoms with Gasteiger partial charge in [-0.25, -0.2) is 4.79 Å². The van der Waals surface area contributed by atoms with Crippen LogP contribution < -0.4 is 0 Å². The van der Waals surface area contributed by atoms with Gasteiger partial charge in [-0.3, -0.25) is 0 Å². The normalized spacial score (nSPS) is 11.4.